The molecule has 178 valence electrons. The fourth-order valence-electron chi connectivity index (χ4n) is 5.35. The summed E-state index contributed by atoms with van der Waals surface area (Å²) >= 11 is 0. The molecular weight excluding hydrogens is 452 g/mol. The van der Waals surface area contributed by atoms with Gasteiger partial charge in [0.05, 0.1) is 11.0 Å². The van der Waals surface area contributed by atoms with E-state index in [4.69, 9.17) is 9.40 Å². The van der Waals surface area contributed by atoms with Crippen molar-refractivity contribution in [1.82, 2.24) is 9.55 Å². The minimum atomic E-state index is 0.664. The Hall–Kier alpha value is -4.63. The van der Waals surface area contributed by atoms with Crippen LogP contribution in [0.5, 0.6) is 0 Å². The Bertz CT molecular complexity index is 1880. The third-order valence-electron chi connectivity index (χ3n) is 7.14. The lowest BCUT2D eigenvalue weighted by Crippen LogP contribution is -1.92. The van der Waals surface area contributed by atoms with Crippen LogP contribution in [0.1, 0.15) is 18.9 Å². The van der Waals surface area contributed by atoms with E-state index in [1.165, 1.54) is 44.2 Å². The first-order chi connectivity index (χ1) is 18.3. The molecule has 0 unspecified atom stereocenters. The van der Waals surface area contributed by atoms with Crippen molar-refractivity contribution in [1.29, 1.82) is 0 Å². The van der Waals surface area contributed by atoms with E-state index in [0.29, 0.717) is 5.89 Å². The summed E-state index contributed by atoms with van der Waals surface area (Å²) in [6, 6.07) is 40.8. The Balaban J connectivity index is 1.28. The maximum absolute atomic E-state index is 6.07. The number of oxazole rings is 1. The van der Waals surface area contributed by atoms with E-state index in [2.05, 4.69) is 121 Å². The molecule has 2 aromatic heterocycles. The molecule has 0 bridgehead atoms. The monoisotopic (exact) mass is 478 g/mol. The number of aromatic nitrogens is 2. The maximum Gasteiger partial charge on any atom is 0.227 e. The number of hydrogen-bond donors (Lipinski definition) is 0. The average molecular weight is 479 g/mol. The average Bonchev–Trinajstić information content (AvgIpc) is 3.52. The van der Waals surface area contributed by atoms with E-state index in [9.17, 15) is 0 Å². The maximum atomic E-state index is 6.07. The van der Waals surface area contributed by atoms with Crippen molar-refractivity contribution in [3.05, 3.63) is 121 Å². The highest BCUT2D eigenvalue weighted by Gasteiger charge is 2.14. The molecule has 0 saturated carbocycles. The Kier molecular flexibility index (Phi) is 5.14. The standard InChI is InChI=1S/C34H26N2O/c1-2-8-23-13-20-33-30(21-23)35-34(37-33)25-16-14-24(15-17-25)26-18-19-32-29(22-26)28-11-6-7-12-31(28)36(32)27-9-4-3-5-10-27/h3-7,9-22H,2,8H2,1H3. The van der Waals surface area contributed by atoms with Crippen LogP contribution in [0.2, 0.25) is 0 Å². The summed E-state index contributed by atoms with van der Waals surface area (Å²) in [5, 5.41) is 2.51. The number of para-hydroxylation sites is 2. The van der Waals surface area contributed by atoms with Gasteiger partial charge in [0, 0.05) is 22.0 Å². The van der Waals surface area contributed by atoms with Crippen molar-refractivity contribution in [2.24, 2.45) is 0 Å². The lowest BCUT2D eigenvalue weighted by molar-refractivity contribution is 0.620. The van der Waals surface area contributed by atoms with Crippen LogP contribution < -0.4 is 0 Å². The van der Waals surface area contributed by atoms with Crippen LogP contribution in [0, 0.1) is 0 Å². The third-order valence-corrected chi connectivity index (χ3v) is 7.14. The number of aryl methyl sites for hydroxylation is 1. The van der Waals surface area contributed by atoms with E-state index in [1.54, 1.807) is 0 Å². The zero-order valence-electron chi connectivity index (χ0n) is 20.7. The first-order valence-electron chi connectivity index (χ1n) is 12.9. The van der Waals surface area contributed by atoms with E-state index in [1.807, 2.05) is 6.07 Å². The van der Waals surface area contributed by atoms with E-state index < -0.39 is 0 Å². The predicted molar refractivity (Wildman–Crippen MR) is 153 cm³/mol. The molecule has 0 spiro atoms. The van der Waals surface area contributed by atoms with Crippen LogP contribution in [0.25, 0.3) is 61.2 Å². The molecule has 7 aromatic rings. The number of rotatable bonds is 5. The van der Waals surface area contributed by atoms with Crippen molar-refractivity contribution in [2.45, 2.75) is 19.8 Å². The lowest BCUT2D eigenvalue weighted by atomic mass is 10.0. The van der Waals surface area contributed by atoms with Crippen LogP contribution in [0.15, 0.2) is 120 Å². The van der Waals surface area contributed by atoms with Gasteiger partial charge in [-0.3, -0.25) is 0 Å². The highest BCUT2D eigenvalue weighted by atomic mass is 16.3. The Morgan fingerprint density at radius 3 is 2.22 bits per heavy atom. The van der Waals surface area contributed by atoms with E-state index in [-0.39, 0.29) is 0 Å². The van der Waals surface area contributed by atoms with Crippen LogP contribution >= 0.6 is 0 Å². The molecule has 0 N–H and O–H groups in total. The number of fused-ring (bicyclic) bond motifs is 4. The largest absolute Gasteiger partial charge is 0.436 e. The molecule has 2 heterocycles. The minimum absolute atomic E-state index is 0.664. The molecule has 3 heteroatoms. The summed E-state index contributed by atoms with van der Waals surface area (Å²) in [6.07, 6.45) is 2.18. The third kappa shape index (κ3) is 3.71. The van der Waals surface area contributed by atoms with Gasteiger partial charge in [-0.05, 0) is 77.7 Å². The van der Waals surface area contributed by atoms with Crippen LogP contribution in [0.3, 0.4) is 0 Å². The van der Waals surface area contributed by atoms with Crippen molar-refractivity contribution in [3.63, 3.8) is 0 Å². The number of hydrogen-bond acceptors (Lipinski definition) is 2. The van der Waals surface area contributed by atoms with Crippen molar-refractivity contribution < 1.29 is 4.42 Å². The van der Waals surface area contributed by atoms with Crippen molar-refractivity contribution in [2.75, 3.05) is 0 Å². The molecule has 0 amide bonds. The van der Waals surface area contributed by atoms with Gasteiger partial charge in [0.15, 0.2) is 5.58 Å². The number of nitrogens with zero attached hydrogens (tertiary/aromatic N) is 2. The van der Waals surface area contributed by atoms with Gasteiger partial charge in [0.2, 0.25) is 5.89 Å². The molecule has 0 aliphatic rings. The summed E-state index contributed by atoms with van der Waals surface area (Å²) in [7, 11) is 0. The zero-order chi connectivity index (χ0) is 24.8. The summed E-state index contributed by atoms with van der Waals surface area (Å²) in [5.41, 5.74) is 10.00. The molecule has 0 aliphatic carbocycles. The topological polar surface area (TPSA) is 31.0 Å². The summed E-state index contributed by atoms with van der Waals surface area (Å²) in [6.45, 7) is 2.19. The van der Waals surface area contributed by atoms with Gasteiger partial charge in [-0.1, -0.05) is 74.0 Å². The second-order valence-electron chi connectivity index (χ2n) is 9.57. The van der Waals surface area contributed by atoms with Gasteiger partial charge in [-0.15, -0.1) is 0 Å². The van der Waals surface area contributed by atoms with Gasteiger partial charge in [-0.25, -0.2) is 4.98 Å². The van der Waals surface area contributed by atoms with E-state index in [0.717, 1.165) is 29.5 Å². The van der Waals surface area contributed by atoms with Crippen molar-refractivity contribution >= 4 is 32.9 Å². The van der Waals surface area contributed by atoms with Crippen LogP contribution in [-0.4, -0.2) is 9.55 Å². The smallest absolute Gasteiger partial charge is 0.227 e. The molecule has 3 nitrogen and oxygen atoms in total. The van der Waals surface area contributed by atoms with Crippen LogP contribution in [0.4, 0.5) is 0 Å². The molecule has 0 fully saturated rings. The molecule has 0 saturated heterocycles. The van der Waals surface area contributed by atoms with Crippen LogP contribution in [-0.2, 0) is 6.42 Å². The first-order valence-corrected chi connectivity index (χ1v) is 12.9. The number of benzene rings is 5. The Morgan fingerprint density at radius 1 is 0.649 bits per heavy atom. The Morgan fingerprint density at radius 2 is 1.38 bits per heavy atom. The molecule has 0 aliphatic heterocycles. The highest BCUT2D eigenvalue weighted by molar-refractivity contribution is 6.10. The predicted octanol–water partition coefficient (Wildman–Crippen LogP) is 9.21. The second kappa shape index (κ2) is 8.79. The molecule has 37 heavy (non-hydrogen) atoms. The van der Waals surface area contributed by atoms with Gasteiger partial charge in [0.1, 0.15) is 5.52 Å². The Labute approximate surface area is 215 Å². The summed E-state index contributed by atoms with van der Waals surface area (Å²) in [5.74, 6) is 0.664. The molecule has 0 radical (unpaired) electrons. The first kappa shape index (κ1) is 21.6. The molecule has 0 atom stereocenters. The van der Waals surface area contributed by atoms with Crippen molar-refractivity contribution in [3.8, 4) is 28.3 Å². The fourth-order valence-corrected chi connectivity index (χ4v) is 5.35. The SMILES string of the molecule is CCCc1ccc2oc(-c3ccc(-c4ccc5c(c4)c4ccccc4n5-c4ccccc4)cc3)nc2c1. The minimum Gasteiger partial charge on any atom is -0.436 e. The molecule has 5 aromatic carbocycles. The van der Waals surface area contributed by atoms with Gasteiger partial charge >= 0.3 is 0 Å². The second-order valence-corrected chi connectivity index (χ2v) is 9.57. The quantitative estimate of drug-likeness (QED) is 0.247. The van der Waals surface area contributed by atoms with Gasteiger partial charge in [-0.2, -0.15) is 0 Å². The van der Waals surface area contributed by atoms with E-state index >= 15 is 0 Å². The summed E-state index contributed by atoms with van der Waals surface area (Å²) < 4.78 is 8.41. The fraction of sp³-hybridized carbons (Fsp3) is 0.0882. The van der Waals surface area contributed by atoms with Gasteiger partial charge in [0.25, 0.3) is 0 Å². The summed E-state index contributed by atoms with van der Waals surface area (Å²) in [4.78, 5) is 4.77. The highest BCUT2D eigenvalue weighted by Crippen LogP contribution is 2.35. The molecular formula is C34H26N2O. The zero-order valence-corrected chi connectivity index (χ0v) is 20.7. The lowest BCUT2D eigenvalue weighted by Gasteiger charge is -2.08. The molecule has 7 rings (SSSR count). The van der Waals surface area contributed by atoms with Gasteiger partial charge < -0.3 is 8.98 Å². The normalized spacial score (nSPS) is 11.6.